The SMILES string of the molecule is CC(=O)Oc1ccc(OS(=O)(=O)c2ccc(C)cc2)c2c1[C@@H]1CC[C@H]2C1. The van der Waals surface area contributed by atoms with Gasteiger partial charge in [0.05, 0.1) is 0 Å². The molecule has 2 aliphatic rings. The molecule has 2 atom stereocenters. The molecule has 0 radical (unpaired) electrons. The third kappa shape index (κ3) is 2.88. The van der Waals surface area contributed by atoms with Gasteiger partial charge in [0.15, 0.2) is 0 Å². The number of carbonyl (C=O) groups is 1. The first kappa shape index (κ1) is 17.1. The third-order valence-electron chi connectivity index (χ3n) is 5.22. The normalized spacial score (nSPS) is 20.7. The number of hydrogen-bond donors (Lipinski definition) is 0. The molecule has 0 amide bonds. The van der Waals surface area contributed by atoms with Gasteiger partial charge >= 0.3 is 16.1 Å². The Morgan fingerprint density at radius 2 is 1.54 bits per heavy atom. The molecule has 0 N–H and O–H groups in total. The summed E-state index contributed by atoms with van der Waals surface area (Å²) in [7, 11) is -3.91. The molecule has 2 aliphatic carbocycles. The van der Waals surface area contributed by atoms with Crippen LogP contribution in [-0.2, 0) is 14.9 Å². The van der Waals surface area contributed by atoms with E-state index in [4.69, 9.17) is 8.92 Å². The van der Waals surface area contributed by atoms with E-state index >= 15 is 0 Å². The van der Waals surface area contributed by atoms with Gasteiger partial charge in [0.1, 0.15) is 16.4 Å². The summed E-state index contributed by atoms with van der Waals surface area (Å²) in [6.07, 6.45) is 2.98. The van der Waals surface area contributed by atoms with E-state index in [0.29, 0.717) is 17.4 Å². The van der Waals surface area contributed by atoms with Crippen molar-refractivity contribution in [3.05, 3.63) is 53.1 Å². The standard InChI is InChI=1S/C20H20O5S/c1-12-3-7-16(8-4-12)26(22,23)25-18-10-9-17(24-13(2)21)19-14-5-6-15(11-14)20(18)19/h3-4,7-10,14-15H,5-6,11H2,1-2H3/t14-,15+/m1/s1. The Hall–Kier alpha value is -2.34. The zero-order valence-corrected chi connectivity index (χ0v) is 15.5. The van der Waals surface area contributed by atoms with Gasteiger partial charge in [-0.2, -0.15) is 8.42 Å². The van der Waals surface area contributed by atoms with Crippen LogP contribution in [0.15, 0.2) is 41.3 Å². The Morgan fingerprint density at radius 1 is 0.962 bits per heavy atom. The summed E-state index contributed by atoms with van der Waals surface area (Å²) in [6.45, 7) is 3.26. The Kier molecular flexibility index (Phi) is 4.03. The average Bonchev–Trinajstić information content (AvgIpc) is 3.19. The van der Waals surface area contributed by atoms with Crippen LogP contribution in [0.2, 0.25) is 0 Å². The fourth-order valence-electron chi connectivity index (χ4n) is 4.13. The highest BCUT2D eigenvalue weighted by molar-refractivity contribution is 7.87. The van der Waals surface area contributed by atoms with Crippen molar-refractivity contribution >= 4 is 16.1 Å². The van der Waals surface area contributed by atoms with Crippen molar-refractivity contribution in [2.75, 3.05) is 0 Å². The van der Waals surface area contributed by atoms with Gasteiger partial charge in [-0.15, -0.1) is 0 Å². The maximum absolute atomic E-state index is 12.7. The summed E-state index contributed by atoms with van der Waals surface area (Å²) >= 11 is 0. The number of benzene rings is 2. The van der Waals surface area contributed by atoms with Gasteiger partial charge in [0.25, 0.3) is 0 Å². The first-order valence-corrected chi connectivity index (χ1v) is 10.1. The highest BCUT2D eigenvalue weighted by Gasteiger charge is 2.42. The lowest BCUT2D eigenvalue weighted by atomic mass is 9.90. The number of aryl methyl sites for hydroxylation is 1. The van der Waals surface area contributed by atoms with Gasteiger partial charge in [-0.1, -0.05) is 17.7 Å². The molecule has 0 saturated heterocycles. The third-order valence-corrected chi connectivity index (χ3v) is 6.47. The summed E-state index contributed by atoms with van der Waals surface area (Å²) in [5, 5.41) is 0. The molecule has 0 spiro atoms. The van der Waals surface area contributed by atoms with E-state index in [2.05, 4.69) is 0 Å². The van der Waals surface area contributed by atoms with E-state index in [9.17, 15) is 13.2 Å². The van der Waals surface area contributed by atoms with Crippen LogP contribution >= 0.6 is 0 Å². The quantitative estimate of drug-likeness (QED) is 0.460. The monoisotopic (exact) mass is 372 g/mol. The number of rotatable bonds is 4. The van der Waals surface area contributed by atoms with Gasteiger partial charge in [-0.05, 0) is 62.3 Å². The molecular formula is C20H20O5S. The first-order chi connectivity index (χ1) is 12.3. The second-order valence-corrected chi connectivity index (χ2v) is 8.59. The van der Waals surface area contributed by atoms with E-state index in [-0.39, 0.29) is 16.8 Å². The van der Waals surface area contributed by atoms with Crippen LogP contribution in [0, 0.1) is 6.92 Å². The van der Waals surface area contributed by atoms with Gasteiger partial charge in [-0.3, -0.25) is 4.79 Å². The summed E-state index contributed by atoms with van der Waals surface area (Å²) in [5.74, 6) is 1.06. The van der Waals surface area contributed by atoms with Crippen molar-refractivity contribution in [2.24, 2.45) is 0 Å². The van der Waals surface area contributed by atoms with Crippen LogP contribution in [0.25, 0.3) is 0 Å². The van der Waals surface area contributed by atoms with Gasteiger partial charge in [0.2, 0.25) is 0 Å². The van der Waals surface area contributed by atoms with Crippen molar-refractivity contribution in [3.8, 4) is 11.5 Å². The molecule has 4 rings (SSSR count). The van der Waals surface area contributed by atoms with E-state index in [1.807, 2.05) is 6.92 Å². The minimum Gasteiger partial charge on any atom is -0.426 e. The molecule has 2 aromatic rings. The lowest BCUT2D eigenvalue weighted by molar-refractivity contribution is -0.131. The van der Waals surface area contributed by atoms with Gasteiger partial charge in [0, 0.05) is 18.1 Å². The van der Waals surface area contributed by atoms with E-state index in [0.717, 1.165) is 36.0 Å². The number of esters is 1. The molecule has 1 fully saturated rings. The highest BCUT2D eigenvalue weighted by atomic mass is 32.2. The topological polar surface area (TPSA) is 69.7 Å². The second kappa shape index (κ2) is 6.13. The zero-order valence-electron chi connectivity index (χ0n) is 14.7. The maximum Gasteiger partial charge on any atom is 0.339 e. The largest absolute Gasteiger partial charge is 0.426 e. The van der Waals surface area contributed by atoms with Crippen LogP contribution in [0.3, 0.4) is 0 Å². The summed E-state index contributed by atoms with van der Waals surface area (Å²) in [6, 6.07) is 9.82. The molecule has 1 saturated carbocycles. The minimum atomic E-state index is -3.91. The average molecular weight is 372 g/mol. The molecule has 2 aromatic carbocycles. The molecule has 26 heavy (non-hydrogen) atoms. The number of carbonyl (C=O) groups excluding carboxylic acids is 1. The second-order valence-electron chi connectivity index (χ2n) is 7.04. The molecule has 2 bridgehead atoms. The maximum atomic E-state index is 12.7. The summed E-state index contributed by atoms with van der Waals surface area (Å²) in [4.78, 5) is 11.5. The number of ether oxygens (including phenoxy) is 1. The molecule has 0 aromatic heterocycles. The van der Waals surface area contributed by atoms with Crippen LogP contribution in [0.1, 0.15) is 54.7 Å². The van der Waals surface area contributed by atoms with Crippen molar-refractivity contribution in [1.82, 2.24) is 0 Å². The molecule has 6 heteroatoms. The fourth-order valence-corrected chi connectivity index (χ4v) is 5.08. The first-order valence-electron chi connectivity index (χ1n) is 8.71. The van der Waals surface area contributed by atoms with Crippen molar-refractivity contribution < 1.29 is 22.1 Å². The Morgan fingerprint density at radius 3 is 2.15 bits per heavy atom. The zero-order chi connectivity index (χ0) is 18.5. The van der Waals surface area contributed by atoms with Crippen LogP contribution < -0.4 is 8.92 Å². The van der Waals surface area contributed by atoms with E-state index < -0.39 is 10.1 Å². The molecule has 136 valence electrons. The van der Waals surface area contributed by atoms with Crippen molar-refractivity contribution in [1.29, 1.82) is 0 Å². The van der Waals surface area contributed by atoms with Crippen LogP contribution in [0.5, 0.6) is 11.5 Å². The summed E-state index contributed by atoms with van der Waals surface area (Å²) < 4.78 is 36.2. The Labute approximate surface area is 153 Å². The van der Waals surface area contributed by atoms with E-state index in [1.165, 1.54) is 6.92 Å². The van der Waals surface area contributed by atoms with Gasteiger partial charge in [-0.25, -0.2) is 0 Å². The minimum absolute atomic E-state index is 0.129. The molecule has 5 nitrogen and oxygen atoms in total. The number of fused-ring (bicyclic) bond motifs is 5. The van der Waals surface area contributed by atoms with Crippen molar-refractivity contribution in [2.45, 2.75) is 49.8 Å². The Balaban J connectivity index is 1.74. The van der Waals surface area contributed by atoms with Crippen LogP contribution in [0.4, 0.5) is 0 Å². The van der Waals surface area contributed by atoms with Gasteiger partial charge < -0.3 is 8.92 Å². The predicted molar refractivity (Wildman–Crippen MR) is 96.1 cm³/mol. The lowest BCUT2D eigenvalue weighted by Gasteiger charge is -2.21. The lowest BCUT2D eigenvalue weighted by Crippen LogP contribution is -2.13. The predicted octanol–water partition coefficient (Wildman–Crippen LogP) is 4.05. The Bertz CT molecular complexity index is 976. The summed E-state index contributed by atoms with van der Waals surface area (Å²) in [5.41, 5.74) is 2.80. The van der Waals surface area contributed by atoms with Crippen molar-refractivity contribution in [3.63, 3.8) is 0 Å². The molecule has 0 heterocycles. The highest BCUT2D eigenvalue weighted by Crippen LogP contribution is 2.58. The molecule has 0 aliphatic heterocycles. The van der Waals surface area contributed by atoms with Crippen LogP contribution in [-0.4, -0.2) is 14.4 Å². The molecule has 0 unspecified atom stereocenters. The molecular weight excluding hydrogens is 352 g/mol. The van der Waals surface area contributed by atoms with E-state index in [1.54, 1.807) is 36.4 Å². The fraction of sp³-hybridized carbons (Fsp3) is 0.350. The smallest absolute Gasteiger partial charge is 0.339 e. The number of hydrogen-bond acceptors (Lipinski definition) is 5.